The Hall–Kier alpha value is -8.19. The third kappa shape index (κ3) is 15.5. The van der Waals surface area contributed by atoms with Gasteiger partial charge < -0.3 is 27.1 Å². The minimum Gasteiger partial charge on any atom is -0.408 e. The Labute approximate surface area is 518 Å². The first-order valence-electron chi connectivity index (χ1n) is 29.4. The molecule has 0 saturated heterocycles. The maximum absolute atomic E-state index is 16.8. The molecule has 0 N–H and O–H groups in total. The molecule has 0 atom stereocenters. The zero-order chi connectivity index (χ0) is 61.4. The fourth-order valence-electron chi connectivity index (χ4n) is 11.6. The fraction of sp³-hybridized carbons (Fsp3) is 0.211. The summed E-state index contributed by atoms with van der Waals surface area (Å²) in [5, 5.41) is 0. The van der Waals surface area contributed by atoms with E-state index in [0.717, 1.165) is 68.5 Å². The Kier molecular flexibility index (Phi) is 18.8. The van der Waals surface area contributed by atoms with Crippen LogP contribution < -0.4 is 27.1 Å². The predicted molar refractivity (Wildman–Crippen MR) is 358 cm³/mol. The topological polar surface area (TPSA) is 89.5 Å². The Bertz CT molecular complexity index is 3620. The molecule has 0 bridgehead atoms. The second-order valence-corrected chi connectivity index (χ2v) is 29.4. The number of rotatable bonds is 22. The van der Waals surface area contributed by atoms with Crippen LogP contribution in [0.4, 0.5) is 0 Å². The van der Waals surface area contributed by atoms with E-state index in [1.165, 1.54) is 0 Å². The molecule has 0 aliphatic carbocycles. The summed E-state index contributed by atoms with van der Waals surface area (Å²) in [6.45, 7) is 21.8. The summed E-state index contributed by atoms with van der Waals surface area (Å²) in [5.74, 6) is 2.00. The van der Waals surface area contributed by atoms with Crippen molar-refractivity contribution < 1.29 is 35.6 Å². The van der Waals surface area contributed by atoms with Crippen molar-refractivity contribution in [2.75, 3.05) is 0 Å². The average molecular weight is 1210 g/mol. The summed E-state index contributed by atoms with van der Waals surface area (Å²) in [4.78, 5) is -0.194. The normalized spacial score (nSPS) is 12.2. The van der Waals surface area contributed by atoms with Crippen molar-refractivity contribution in [1.82, 2.24) is 0 Å². The van der Waals surface area contributed by atoms with Gasteiger partial charge in [0, 0.05) is 22.3 Å². The Morgan fingerprint density at radius 2 is 0.517 bits per heavy atom. The summed E-state index contributed by atoms with van der Waals surface area (Å²) < 4.78 is 75.9. The van der Waals surface area contributed by atoms with Crippen LogP contribution in [0.5, 0.6) is 34.5 Å². The lowest BCUT2D eigenvalue weighted by Gasteiger charge is -2.34. The molecule has 8 nitrogen and oxygen atoms in total. The molecule has 0 saturated carbocycles. The molecule has 0 fully saturated rings. The summed E-state index contributed by atoms with van der Waals surface area (Å²) >= 11 is 0. The van der Waals surface area contributed by atoms with Crippen LogP contribution >= 0.6 is 17.2 Å². The van der Waals surface area contributed by atoms with Crippen molar-refractivity contribution in [2.24, 2.45) is 10.8 Å². The fourth-order valence-corrected chi connectivity index (χ4v) is 15.4. The zero-order valence-corrected chi connectivity index (χ0v) is 53.8. The van der Waals surface area contributed by atoms with Crippen molar-refractivity contribution in [1.29, 1.82) is 0 Å². The van der Waals surface area contributed by atoms with Crippen LogP contribution in [-0.4, -0.2) is 8.42 Å². The molecule has 87 heavy (non-hydrogen) atoms. The molecule has 0 heterocycles. The highest BCUT2D eigenvalue weighted by molar-refractivity contribution is 7.91. The van der Waals surface area contributed by atoms with Crippen molar-refractivity contribution in [3.63, 3.8) is 0 Å². The lowest BCUT2D eigenvalue weighted by Crippen LogP contribution is -2.25. The van der Waals surface area contributed by atoms with Gasteiger partial charge in [-0.1, -0.05) is 275 Å². The van der Waals surface area contributed by atoms with E-state index in [1.54, 1.807) is 24.3 Å². The van der Waals surface area contributed by atoms with Gasteiger partial charge in [-0.15, -0.1) is 0 Å². The quantitative estimate of drug-likeness (QED) is 0.0620. The minimum absolute atomic E-state index is 0.0273. The van der Waals surface area contributed by atoms with Gasteiger partial charge in [0.05, 0.1) is 0 Å². The van der Waals surface area contributed by atoms with Gasteiger partial charge in [-0.3, -0.25) is 0 Å². The van der Waals surface area contributed by atoms with Gasteiger partial charge in [-0.2, -0.15) is 0 Å². The third-order valence-corrected chi connectivity index (χ3v) is 18.8. The number of para-hydroxylation sites is 4. The standard InChI is InChI=1S/C76H76O8P2S/c1-73(2,3)53-75(7,8)59-47-49-69(83-85(79-65-43-27-23-39-61(65)55-31-15-11-16-32-55)80-66-44-28-24-40-62(66)56-33-17-12-18-34-56)71(51-59)87(77,78)72-52-60(76(9,10)54-74(4,5)6)48-50-70(72)84-86(81-67-45-29-25-41-63(67)57-35-19-13-20-36-57)82-68-46-30-26-42-64(68)58-37-21-14-22-38-58/h11-52H,53-54H2,1-10H3. The highest BCUT2D eigenvalue weighted by Crippen LogP contribution is 2.53. The summed E-state index contributed by atoms with van der Waals surface area (Å²) in [6, 6.07) is 81.6. The van der Waals surface area contributed by atoms with Gasteiger partial charge >= 0.3 is 17.2 Å². The van der Waals surface area contributed by atoms with Crippen molar-refractivity contribution in [3.8, 4) is 79.0 Å². The van der Waals surface area contributed by atoms with Crippen molar-refractivity contribution in [3.05, 3.63) is 266 Å². The average Bonchev–Trinajstić information content (AvgIpc) is 1.05. The number of benzene rings is 10. The van der Waals surface area contributed by atoms with E-state index in [1.807, 2.05) is 231 Å². The van der Waals surface area contributed by atoms with E-state index < -0.39 is 37.9 Å². The molecular weight excluding hydrogens is 1130 g/mol. The predicted octanol–water partition coefficient (Wildman–Crippen LogP) is 22.1. The first kappa shape index (κ1) is 61.9. The van der Waals surface area contributed by atoms with Gasteiger partial charge in [-0.05, 0) is 116 Å². The molecule has 0 aliphatic heterocycles. The molecule has 444 valence electrons. The number of hydrogen-bond acceptors (Lipinski definition) is 8. The zero-order valence-electron chi connectivity index (χ0n) is 51.2. The molecule has 0 spiro atoms. The van der Waals surface area contributed by atoms with Gasteiger partial charge in [0.2, 0.25) is 9.84 Å². The molecular formula is C76H76O8P2S. The van der Waals surface area contributed by atoms with Crippen LogP contribution in [0.15, 0.2) is 265 Å². The third-order valence-electron chi connectivity index (χ3n) is 14.9. The summed E-state index contributed by atoms with van der Waals surface area (Å²) in [6.07, 6.45) is 1.48. The van der Waals surface area contributed by atoms with Crippen molar-refractivity contribution in [2.45, 2.75) is 103 Å². The first-order valence-corrected chi connectivity index (χ1v) is 33.1. The molecule has 10 rings (SSSR count). The van der Waals surface area contributed by atoms with Crippen LogP contribution in [0.3, 0.4) is 0 Å². The Morgan fingerprint density at radius 3 is 0.770 bits per heavy atom. The monoisotopic (exact) mass is 1210 g/mol. The van der Waals surface area contributed by atoms with Crippen LogP contribution in [0, 0.1) is 10.8 Å². The van der Waals surface area contributed by atoms with E-state index in [4.69, 9.17) is 27.1 Å². The second-order valence-electron chi connectivity index (χ2n) is 25.5. The van der Waals surface area contributed by atoms with Gasteiger partial charge in [-0.25, -0.2) is 8.42 Å². The van der Waals surface area contributed by atoms with E-state index in [9.17, 15) is 0 Å². The molecule has 0 aliphatic rings. The number of hydrogen-bond donors (Lipinski definition) is 0. The molecule has 0 unspecified atom stereocenters. The highest BCUT2D eigenvalue weighted by Gasteiger charge is 2.38. The molecule has 11 heteroatoms. The van der Waals surface area contributed by atoms with E-state index in [0.29, 0.717) is 23.0 Å². The van der Waals surface area contributed by atoms with Gasteiger partial charge in [0.15, 0.2) is 0 Å². The lowest BCUT2D eigenvalue weighted by atomic mass is 9.72. The SMILES string of the molecule is CC(C)(C)CC(C)(C)c1ccc(OP(Oc2ccccc2-c2ccccc2)Oc2ccccc2-c2ccccc2)c(S(=O)(=O)c2cc(C(C)(C)CC(C)(C)C)ccc2OP(Oc2ccccc2-c2ccccc2)Oc2ccccc2-c2ccccc2)c1. The van der Waals surface area contributed by atoms with Crippen LogP contribution in [-0.2, 0) is 20.7 Å². The Balaban J connectivity index is 1.16. The minimum atomic E-state index is -4.69. The first-order chi connectivity index (χ1) is 41.6. The maximum Gasteiger partial charge on any atom is 0.530 e. The van der Waals surface area contributed by atoms with Crippen molar-refractivity contribution >= 4 is 27.0 Å². The van der Waals surface area contributed by atoms with Gasteiger partial charge in [0.1, 0.15) is 44.3 Å². The van der Waals surface area contributed by atoms with Crippen LogP contribution in [0.1, 0.15) is 93.2 Å². The molecule has 10 aromatic carbocycles. The van der Waals surface area contributed by atoms with E-state index in [-0.39, 0.29) is 32.1 Å². The largest absolute Gasteiger partial charge is 0.530 e. The second kappa shape index (κ2) is 26.4. The highest BCUT2D eigenvalue weighted by atomic mass is 32.2. The Morgan fingerprint density at radius 1 is 0.287 bits per heavy atom. The van der Waals surface area contributed by atoms with Gasteiger partial charge in [0.25, 0.3) is 0 Å². The lowest BCUT2D eigenvalue weighted by molar-refractivity contribution is 0.283. The molecule has 0 aromatic heterocycles. The molecule has 10 aromatic rings. The molecule has 0 amide bonds. The van der Waals surface area contributed by atoms with Crippen LogP contribution in [0.25, 0.3) is 44.5 Å². The number of sulfone groups is 1. The summed E-state index contributed by atoms with van der Waals surface area (Å²) in [5.41, 5.74) is 7.24. The smallest absolute Gasteiger partial charge is 0.408 e. The van der Waals surface area contributed by atoms with E-state index in [2.05, 4.69) is 69.2 Å². The van der Waals surface area contributed by atoms with E-state index >= 15 is 8.42 Å². The maximum atomic E-state index is 16.8. The molecule has 0 radical (unpaired) electrons. The van der Waals surface area contributed by atoms with Crippen LogP contribution in [0.2, 0.25) is 0 Å². The summed E-state index contributed by atoms with van der Waals surface area (Å²) in [7, 11) is -9.67.